The molecule has 5 nitrogen and oxygen atoms in total. The molecule has 18 heavy (non-hydrogen) atoms. The van der Waals surface area contributed by atoms with Gasteiger partial charge in [-0.25, -0.2) is 4.98 Å². The first-order chi connectivity index (χ1) is 8.56. The quantitative estimate of drug-likeness (QED) is 0.826. The Hall–Kier alpha value is -1.93. The van der Waals surface area contributed by atoms with Gasteiger partial charge >= 0.3 is 5.97 Å². The Morgan fingerprint density at radius 3 is 2.94 bits per heavy atom. The van der Waals surface area contributed by atoms with Gasteiger partial charge in [-0.2, -0.15) is 5.26 Å². The minimum absolute atomic E-state index is 0.0359. The van der Waals surface area contributed by atoms with Crippen molar-refractivity contribution >= 4 is 5.97 Å². The van der Waals surface area contributed by atoms with Gasteiger partial charge in [-0.05, 0) is 31.2 Å². The van der Waals surface area contributed by atoms with Gasteiger partial charge in [0.2, 0.25) is 0 Å². The summed E-state index contributed by atoms with van der Waals surface area (Å²) in [5, 5.41) is 17.6. The lowest BCUT2D eigenvalue weighted by molar-refractivity contribution is -0.138. The van der Waals surface area contributed by atoms with E-state index in [9.17, 15) is 4.79 Å². The highest BCUT2D eigenvalue weighted by molar-refractivity contribution is 5.67. The predicted octanol–water partition coefficient (Wildman–Crippen LogP) is 1.64. The molecule has 0 amide bonds. The smallest absolute Gasteiger partial charge is 0.304 e. The van der Waals surface area contributed by atoms with Crippen LogP contribution in [0.15, 0.2) is 18.3 Å². The van der Waals surface area contributed by atoms with Crippen LogP contribution in [0.1, 0.15) is 31.5 Å². The molecule has 1 aromatic rings. The van der Waals surface area contributed by atoms with Gasteiger partial charge in [0.05, 0.1) is 6.42 Å². The minimum atomic E-state index is -0.798. The molecule has 0 saturated heterocycles. The molecule has 1 rings (SSSR count). The van der Waals surface area contributed by atoms with Crippen molar-refractivity contribution in [2.75, 3.05) is 6.54 Å². The SMILES string of the molecule is CCN(Cc1ccnc(C#N)c1)C(C)CC(=O)O. The van der Waals surface area contributed by atoms with E-state index in [0.29, 0.717) is 12.2 Å². The number of hydrogen-bond donors (Lipinski definition) is 1. The zero-order valence-electron chi connectivity index (χ0n) is 10.6. The normalized spacial score (nSPS) is 12.1. The molecule has 1 atom stereocenters. The number of rotatable bonds is 6. The van der Waals surface area contributed by atoms with Gasteiger partial charge in [0.25, 0.3) is 0 Å². The highest BCUT2D eigenvalue weighted by Gasteiger charge is 2.15. The number of carboxylic acids is 1. The Balaban J connectivity index is 2.73. The molecule has 5 heteroatoms. The average Bonchev–Trinajstić information content (AvgIpc) is 2.35. The maximum atomic E-state index is 10.7. The fourth-order valence-electron chi connectivity index (χ4n) is 1.83. The molecule has 0 saturated carbocycles. The van der Waals surface area contributed by atoms with Crippen LogP contribution in [0.5, 0.6) is 0 Å². The molecule has 0 spiro atoms. The number of aromatic nitrogens is 1. The Morgan fingerprint density at radius 1 is 1.67 bits per heavy atom. The van der Waals surface area contributed by atoms with Crippen molar-refractivity contribution in [1.82, 2.24) is 9.88 Å². The lowest BCUT2D eigenvalue weighted by Gasteiger charge is -2.26. The van der Waals surface area contributed by atoms with E-state index in [4.69, 9.17) is 10.4 Å². The standard InChI is InChI=1S/C13H17N3O2/c1-3-16(10(2)6-13(17)18)9-11-4-5-15-12(7-11)8-14/h4-5,7,10H,3,6,9H2,1-2H3,(H,17,18). The molecule has 0 radical (unpaired) electrons. The second-order valence-corrected chi connectivity index (χ2v) is 4.17. The van der Waals surface area contributed by atoms with Crippen LogP contribution in [0.3, 0.4) is 0 Å². The minimum Gasteiger partial charge on any atom is -0.481 e. The highest BCUT2D eigenvalue weighted by atomic mass is 16.4. The van der Waals surface area contributed by atoms with Crippen molar-refractivity contribution in [2.24, 2.45) is 0 Å². The van der Waals surface area contributed by atoms with E-state index in [0.717, 1.165) is 12.1 Å². The van der Waals surface area contributed by atoms with E-state index in [1.165, 1.54) is 0 Å². The summed E-state index contributed by atoms with van der Waals surface area (Å²) < 4.78 is 0. The Bertz CT molecular complexity index is 454. The summed E-state index contributed by atoms with van der Waals surface area (Å²) in [7, 11) is 0. The van der Waals surface area contributed by atoms with E-state index in [1.807, 2.05) is 26.0 Å². The molecule has 0 aromatic carbocycles. The molecule has 0 fully saturated rings. The molecular weight excluding hydrogens is 230 g/mol. The molecule has 1 unspecified atom stereocenters. The highest BCUT2D eigenvalue weighted by Crippen LogP contribution is 2.11. The molecule has 0 aliphatic carbocycles. The van der Waals surface area contributed by atoms with E-state index < -0.39 is 5.97 Å². The summed E-state index contributed by atoms with van der Waals surface area (Å²) in [4.78, 5) is 16.7. The number of hydrogen-bond acceptors (Lipinski definition) is 4. The zero-order valence-corrected chi connectivity index (χ0v) is 10.6. The summed E-state index contributed by atoms with van der Waals surface area (Å²) in [5.74, 6) is -0.798. The van der Waals surface area contributed by atoms with Crippen LogP contribution < -0.4 is 0 Å². The zero-order chi connectivity index (χ0) is 13.5. The third kappa shape index (κ3) is 4.15. The van der Waals surface area contributed by atoms with Crippen LogP contribution in [-0.2, 0) is 11.3 Å². The van der Waals surface area contributed by atoms with Crippen LogP contribution in [0.4, 0.5) is 0 Å². The topological polar surface area (TPSA) is 77.2 Å². The fraction of sp³-hybridized carbons (Fsp3) is 0.462. The van der Waals surface area contributed by atoms with Gasteiger partial charge in [-0.15, -0.1) is 0 Å². The van der Waals surface area contributed by atoms with Crippen LogP contribution in [0, 0.1) is 11.3 Å². The number of nitriles is 1. The van der Waals surface area contributed by atoms with Crippen LogP contribution in [0.2, 0.25) is 0 Å². The molecule has 1 aromatic heterocycles. The average molecular weight is 247 g/mol. The van der Waals surface area contributed by atoms with Gasteiger partial charge < -0.3 is 5.11 Å². The van der Waals surface area contributed by atoms with Crippen molar-refractivity contribution < 1.29 is 9.90 Å². The first kappa shape index (κ1) is 14.1. The van der Waals surface area contributed by atoms with Gasteiger partial charge in [0.15, 0.2) is 0 Å². The molecule has 1 heterocycles. The molecule has 1 N–H and O–H groups in total. The molecule has 0 aliphatic rings. The first-order valence-corrected chi connectivity index (χ1v) is 5.87. The van der Waals surface area contributed by atoms with E-state index in [1.54, 1.807) is 12.3 Å². The second-order valence-electron chi connectivity index (χ2n) is 4.17. The summed E-state index contributed by atoms with van der Waals surface area (Å²) in [6, 6.07) is 5.54. The number of pyridine rings is 1. The van der Waals surface area contributed by atoms with E-state index in [-0.39, 0.29) is 12.5 Å². The van der Waals surface area contributed by atoms with Crippen molar-refractivity contribution in [3.05, 3.63) is 29.6 Å². The Morgan fingerprint density at radius 2 is 2.39 bits per heavy atom. The summed E-state index contributed by atoms with van der Waals surface area (Å²) in [5.41, 5.74) is 1.36. The summed E-state index contributed by atoms with van der Waals surface area (Å²) in [6.45, 7) is 5.27. The fourth-order valence-corrected chi connectivity index (χ4v) is 1.83. The monoisotopic (exact) mass is 247 g/mol. The van der Waals surface area contributed by atoms with Crippen LogP contribution in [-0.4, -0.2) is 33.5 Å². The molecule has 0 bridgehead atoms. The predicted molar refractivity (Wildman–Crippen MR) is 66.8 cm³/mol. The van der Waals surface area contributed by atoms with Crippen molar-refractivity contribution in [3.63, 3.8) is 0 Å². The van der Waals surface area contributed by atoms with Crippen molar-refractivity contribution in [2.45, 2.75) is 32.9 Å². The number of aliphatic carboxylic acids is 1. The Labute approximate surface area is 107 Å². The van der Waals surface area contributed by atoms with Gasteiger partial charge in [-0.1, -0.05) is 6.92 Å². The number of carbonyl (C=O) groups is 1. The van der Waals surface area contributed by atoms with Crippen molar-refractivity contribution in [1.29, 1.82) is 5.26 Å². The molecular formula is C13H17N3O2. The summed E-state index contributed by atoms with van der Waals surface area (Å²) in [6.07, 6.45) is 1.72. The maximum absolute atomic E-state index is 10.7. The second kappa shape index (κ2) is 6.72. The third-order valence-electron chi connectivity index (χ3n) is 2.82. The summed E-state index contributed by atoms with van der Waals surface area (Å²) >= 11 is 0. The van der Waals surface area contributed by atoms with Crippen LogP contribution >= 0.6 is 0 Å². The van der Waals surface area contributed by atoms with Gasteiger partial charge in [-0.3, -0.25) is 9.69 Å². The first-order valence-electron chi connectivity index (χ1n) is 5.87. The maximum Gasteiger partial charge on any atom is 0.304 e. The van der Waals surface area contributed by atoms with Crippen LogP contribution in [0.25, 0.3) is 0 Å². The Kier molecular flexibility index (Phi) is 5.28. The third-order valence-corrected chi connectivity index (χ3v) is 2.82. The van der Waals surface area contributed by atoms with Crippen molar-refractivity contribution in [3.8, 4) is 6.07 Å². The largest absolute Gasteiger partial charge is 0.481 e. The lowest BCUT2D eigenvalue weighted by atomic mass is 10.1. The van der Waals surface area contributed by atoms with Gasteiger partial charge in [0.1, 0.15) is 11.8 Å². The number of carboxylic acid groups (broad SMARTS) is 1. The van der Waals surface area contributed by atoms with E-state index in [2.05, 4.69) is 9.88 Å². The molecule has 96 valence electrons. The van der Waals surface area contributed by atoms with Gasteiger partial charge in [0, 0.05) is 18.8 Å². The number of nitrogens with zero attached hydrogens (tertiary/aromatic N) is 3. The van der Waals surface area contributed by atoms with E-state index >= 15 is 0 Å². The lowest BCUT2D eigenvalue weighted by Crippen LogP contribution is -2.34. The molecule has 0 aliphatic heterocycles.